The largest absolute Gasteiger partial charge is 0.472 e. The first-order valence-electron chi connectivity index (χ1n) is 7.82. The van der Waals surface area contributed by atoms with E-state index < -0.39 is 82.4 Å². The van der Waals surface area contributed by atoms with Crippen LogP contribution in [0.15, 0.2) is 0 Å². The minimum atomic E-state index is -5.10. The molecule has 2 aliphatic rings. The van der Waals surface area contributed by atoms with Crippen molar-refractivity contribution >= 4 is 111 Å². The van der Waals surface area contributed by atoms with Crippen molar-refractivity contribution in [1.82, 2.24) is 0 Å². The van der Waals surface area contributed by atoms with Crippen LogP contribution in [0.2, 0.25) is 0 Å². The van der Waals surface area contributed by atoms with Gasteiger partial charge in [-0.1, -0.05) is 0 Å². The summed E-state index contributed by atoms with van der Waals surface area (Å²) in [6.45, 7) is -1.59. The molecule has 0 amide bonds. The first kappa shape index (κ1) is 32.0. The molecule has 0 aromatic heterocycles. The number of hydrogen-bond donors (Lipinski definition) is 9. The molecule has 0 aromatic rings. The fraction of sp³-hybridized carbons (Fsp3) is 1.00. The molecule has 0 aromatic carbocycles. The third kappa shape index (κ3) is 8.30. The Labute approximate surface area is 250 Å². The molecule has 10 atom stereocenters. The van der Waals surface area contributed by atoms with Gasteiger partial charge in [-0.15, -0.1) is 0 Å². The Morgan fingerprint density at radius 2 is 1.21 bits per heavy atom. The summed E-state index contributed by atoms with van der Waals surface area (Å²) in [6.07, 6.45) is -17.3. The van der Waals surface area contributed by atoms with E-state index in [0.717, 1.165) is 0 Å². The summed E-state index contributed by atoms with van der Waals surface area (Å²) >= 11 is 0. The van der Waals surface area contributed by atoms with E-state index in [1.807, 2.05) is 0 Å². The Morgan fingerprint density at radius 1 is 0.724 bits per heavy atom. The van der Waals surface area contributed by atoms with Crippen molar-refractivity contribution in [3.8, 4) is 0 Å². The number of phosphoric acid groups is 1. The Balaban J connectivity index is 0.00000392. The predicted octanol–water partition coefficient (Wildman–Crippen LogP) is -6.04. The molecule has 2 saturated heterocycles. The van der Waals surface area contributed by atoms with Crippen LogP contribution in [0.3, 0.4) is 0 Å². The second kappa shape index (κ2) is 13.8. The third-order valence-electron chi connectivity index (χ3n) is 4.20. The number of rotatable bonds is 6. The van der Waals surface area contributed by atoms with Gasteiger partial charge in [-0.25, -0.2) is 4.57 Å². The monoisotopic (exact) mass is 500 g/mol. The van der Waals surface area contributed by atoms with Crippen LogP contribution >= 0.6 is 7.82 Å². The SMILES string of the molecule is O=P(O)(O)O[C@H]1O[C@H](CO)[C@@H](O[C@H]2O[C@H](CO)[C@@H](O)[C@H](O)[C@H]2O)[C@H](O)[C@H]1O.[K].[K]. The summed E-state index contributed by atoms with van der Waals surface area (Å²) in [4.78, 5) is 17.6. The molecule has 0 saturated carbocycles. The topological polar surface area (TPSA) is 236 Å². The zero-order chi connectivity index (χ0) is 20.5. The summed E-state index contributed by atoms with van der Waals surface area (Å²) in [6, 6.07) is 0. The molecule has 17 heteroatoms. The number of aliphatic hydroxyl groups is 7. The maximum absolute atomic E-state index is 10.9. The second-order valence-electron chi connectivity index (χ2n) is 6.10. The van der Waals surface area contributed by atoms with E-state index in [4.69, 9.17) is 29.1 Å². The van der Waals surface area contributed by atoms with Gasteiger partial charge in [-0.3, -0.25) is 4.52 Å². The molecule has 0 spiro atoms. The van der Waals surface area contributed by atoms with E-state index in [0.29, 0.717) is 0 Å². The van der Waals surface area contributed by atoms with Crippen LogP contribution in [0.5, 0.6) is 0 Å². The first-order valence-corrected chi connectivity index (χ1v) is 9.35. The Morgan fingerprint density at radius 3 is 1.69 bits per heavy atom. The third-order valence-corrected chi connectivity index (χ3v) is 4.68. The quantitative estimate of drug-likeness (QED) is 0.122. The van der Waals surface area contributed by atoms with Crippen molar-refractivity contribution in [2.24, 2.45) is 0 Å². The van der Waals surface area contributed by atoms with Crippen molar-refractivity contribution in [1.29, 1.82) is 0 Å². The van der Waals surface area contributed by atoms with Gasteiger partial charge in [0.25, 0.3) is 0 Å². The molecule has 162 valence electrons. The molecule has 14 nitrogen and oxygen atoms in total. The smallest absolute Gasteiger partial charge is 0.394 e. The van der Waals surface area contributed by atoms with Crippen LogP contribution in [0.25, 0.3) is 0 Å². The number of phosphoric ester groups is 1. The summed E-state index contributed by atoms with van der Waals surface area (Å²) < 4.78 is 30.4. The van der Waals surface area contributed by atoms with Gasteiger partial charge in [-0.05, 0) is 0 Å². The van der Waals surface area contributed by atoms with Gasteiger partial charge < -0.3 is 59.7 Å². The van der Waals surface area contributed by atoms with Gasteiger partial charge in [0.05, 0.1) is 13.2 Å². The molecule has 2 fully saturated rings. The van der Waals surface area contributed by atoms with Crippen molar-refractivity contribution in [3.63, 3.8) is 0 Å². The average molecular weight is 500 g/mol. The number of ether oxygens (including phenoxy) is 3. The molecule has 9 N–H and O–H groups in total. The van der Waals surface area contributed by atoms with E-state index in [1.165, 1.54) is 0 Å². The second-order valence-corrected chi connectivity index (χ2v) is 7.29. The normalized spacial score (nSPS) is 43.2. The molecular formula is C12H23K2O14P. The van der Waals surface area contributed by atoms with Crippen LogP contribution in [0, 0.1) is 0 Å². The average Bonchev–Trinajstić information content (AvgIpc) is 2.60. The Kier molecular flexibility index (Phi) is 15.2. The number of hydrogen-bond acceptors (Lipinski definition) is 12. The minimum absolute atomic E-state index is 0. The molecule has 2 radical (unpaired) electrons. The van der Waals surface area contributed by atoms with Crippen molar-refractivity contribution in [2.75, 3.05) is 13.2 Å². The van der Waals surface area contributed by atoms with E-state index in [9.17, 15) is 35.2 Å². The van der Waals surface area contributed by atoms with Gasteiger partial charge in [0.2, 0.25) is 0 Å². The molecular weight excluding hydrogens is 477 g/mol. The van der Waals surface area contributed by atoms with Crippen LogP contribution in [0.4, 0.5) is 0 Å². The summed E-state index contributed by atoms with van der Waals surface area (Å²) in [5.41, 5.74) is 0. The van der Waals surface area contributed by atoms with Crippen LogP contribution in [-0.4, -0.2) is 223 Å². The van der Waals surface area contributed by atoms with Crippen molar-refractivity contribution in [3.05, 3.63) is 0 Å². The van der Waals surface area contributed by atoms with Crippen molar-refractivity contribution < 1.29 is 68.8 Å². The predicted molar refractivity (Wildman–Crippen MR) is 91.0 cm³/mol. The summed E-state index contributed by atoms with van der Waals surface area (Å²) in [5, 5.41) is 68.0. The standard InChI is InChI=1S/C12H23O14P.2K/c13-1-3-5(15)6(16)8(18)11(23-3)25-10-4(2-14)24-12(9(19)7(10)17)26-27(20,21)22;;/h3-19H,1-2H2,(H2,20,21,22);;/t3-,4-,5-,6+,7-,8-,9-,10-,11-,12-;;/m1../s1. The molecule has 2 heterocycles. The summed E-state index contributed by atoms with van der Waals surface area (Å²) in [7, 11) is -5.10. The zero-order valence-corrected chi connectivity index (χ0v) is 22.8. The molecule has 0 bridgehead atoms. The van der Waals surface area contributed by atoms with Gasteiger partial charge in [0.15, 0.2) is 12.6 Å². The first-order chi connectivity index (χ1) is 12.5. The van der Waals surface area contributed by atoms with E-state index in [-0.39, 0.29) is 103 Å². The molecule has 0 aliphatic carbocycles. The zero-order valence-electron chi connectivity index (χ0n) is 15.7. The van der Waals surface area contributed by atoms with E-state index >= 15 is 0 Å². The van der Waals surface area contributed by atoms with Crippen molar-refractivity contribution in [2.45, 2.75) is 61.4 Å². The number of aliphatic hydroxyl groups excluding tert-OH is 7. The molecule has 2 rings (SSSR count). The fourth-order valence-corrected chi connectivity index (χ4v) is 3.22. The van der Waals surface area contributed by atoms with Crippen LogP contribution in [0.1, 0.15) is 0 Å². The minimum Gasteiger partial charge on any atom is -0.394 e. The van der Waals surface area contributed by atoms with E-state index in [2.05, 4.69) is 4.52 Å². The van der Waals surface area contributed by atoms with Crippen LogP contribution < -0.4 is 0 Å². The summed E-state index contributed by atoms with van der Waals surface area (Å²) in [5.74, 6) is 0. The van der Waals surface area contributed by atoms with Gasteiger partial charge in [-0.2, -0.15) is 0 Å². The molecule has 2 aliphatic heterocycles. The fourth-order valence-electron chi connectivity index (χ4n) is 2.78. The molecule has 0 unspecified atom stereocenters. The maximum Gasteiger partial charge on any atom is 0.472 e. The van der Waals surface area contributed by atoms with Gasteiger partial charge >= 0.3 is 7.82 Å². The van der Waals surface area contributed by atoms with E-state index in [1.54, 1.807) is 0 Å². The van der Waals surface area contributed by atoms with Gasteiger partial charge in [0, 0.05) is 103 Å². The Bertz CT molecular complexity index is 535. The van der Waals surface area contributed by atoms with Gasteiger partial charge in [0.1, 0.15) is 48.8 Å². The van der Waals surface area contributed by atoms with Crippen LogP contribution in [-0.2, 0) is 23.3 Å². The Hall–Kier alpha value is 2.98. The maximum atomic E-state index is 10.9. The molecule has 29 heavy (non-hydrogen) atoms.